The SMILES string of the molecule is CSc1nc(=O)n(C2CCCCC2C)c(=O)[nH]1. The number of nitrogens with one attached hydrogen (secondary N) is 1. The Kier molecular flexibility index (Phi) is 3.71. The van der Waals surface area contributed by atoms with Gasteiger partial charge in [-0.3, -0.25) is 4.98 Å². The molecule has 0 radical (unpaired) electrons. The zero-order chi connectivity index (χ0) is 12.4. The Morgan fingerprint density at radius 1 is 1.35 bits per heavy atom. The van der Waals surface area contributed by atoms with Gasteiger partial charge in [0.15, 0.2) is 5.16 Å². The fraction of sp³-hybridized carbons (Fsp3) is 0.727. The summed E-state index contributed by atoms with van der Waals surface area (Å²) in [5.41, 5.74) is -0.745. The highest BCUT2D eigenvalue weighted by atomic mass is 32.2. The van der Waals surface area contributed by atoms with Crippen molar-refractivity contribution < 1.29 is 0 Å². The van der Waals surface area contributed by atoms with E-state index in [1.54, 1.807) is 6.26 Å². The Balaban J connectivity index is 2.45. The van der Waals surface area contributed by atoms with E-state index in [4.69, 9.17) is 0 Å². The average Bonchev–Trinajstić information content (AvgIpc) is 2.30. The first kappa shape index (κ1) is 12.4. The standard InChI is InChI=1S/C11H17N3O2S/c1-7-5-3-4-6-8(7)14-10(15)12-9(17-2)13-11(14)16/h7-8H,3-6H2,1-2H3,(H,12,13,15,16). The van der Waals surface area contributed by atoms with Crippen LogP contribution in [0.5, 0.6) is 0 Å². The lowest BCUT2D eigenvalue weighted by atomic mass is 9.86. The minimum Gasteiger partial charge on any atom is -0.286 e. The zero-order valence-electron chi connectivity index (χ0n) is 10.1. The van der Waals surface area contributed by atoms with Crippen molar-refractivity contribution in [2.45, 2.75) is 43.8 Å². The van der Waals surface area contributed by atoms with E-state index in [9.17, 15) is 9.59 Å². The maximum absolute atomic E-state index is 11.9. The van der Waals surface area contributed by atoms with Gasteiger partial charge in [0.25, 0.3) is 0 Å². The molecule has 2 unspecified atom stereocenters. The highest BCUT2D eigenvalue weighted by Crippen LogP contribution is 2.31. The molecule has 0 saturated heterocycles. The van der Waals surface area contributed by atoms with Gasteiger partial charge in [-0.15, -0.1) is 0 Å². The van der Waals surface area contributed by atoms with Crippen LogP contribution in [0.25, 0.3) is 0 Å². The number of rotatable bonds is 2. The Morgan fingerprint density at radius 2 is 2.06 bits per heavy atom. The number of hydrogen-bond donors (Lipinski definition) is 1. The van der Waals surface area contributed by atoms with Gasteiger partial charge in [0, 0.05) is 6.04 Å². The third-order valence-corrected chi connectivity index (χ3v) is 4.01. The number of H-pyrrole nitrogens is 1. The summed E-state index contributed by atoms with van der Waals surface area (Å²) in [5.74, 6) is 0.365. The predicted octanol–water partition coefficient (Wildman–Crippen LogP) is 1.40. The summed E-state index contributed by atoms with van der Waals surface area (Å²) < 4.78 is 1.30. The topological polar surface area (TPSA) is 67.8 Å². The van der Waals surface area contributed by atoms with Crippen LogP contribution in [0.15, 0.2) is 14.7 Å². The van der Waals surface area contributed by atoms with E-state index in [0.29, 0.717) is 11.1 Å². The second kappa shape index (κ2) is 5.08. The molecule has 0 spiro atoms. The number of hydrogen-bond acceptors (Lipinski definition) is 4. The fourth-order valence-electron chi connectivity index (χ4n) is 2.48. The monoisotopic (exact) mass is 255 g/mol. The molecule has 5 nitrogen and oxygen atoms in total. The third kappa shape index (κ3) is 2.46. The quantitative estimate of drug-likeness (QED) is 0.811. The van der Waals surface area contributed by atoms with Crippen LogP contribution < -0.4 is 11.4 Å². The summed E-state index contributed by atoms with van der Waals surface area (Å²) >= 11 is 1.27. The molecule has 17 heavy (non-hydrogen) atoms. The maximum atomic E-state index is 11.9. The van der Waals surface area contributed by atoms with Gasteiger partial charge in [-0.25, -0.2) is 14.2 Å². The summed E-state index contributed by atoms with van der Waals surface area (Å²) in [6, 6.07) is 0.00315. The van der Waals surface area contributed by atoms with Gasteiger partial charge in [0.05, 0.1) is 0 Å². The molecular weight excluding hydrogens is 238 g/mol. The van der Waals surface area contributed by atoms with E-state index < -0.39 is 5.69 Å². The number of nitrogens with zero attached hydrogens (tertiary/aromatic N) is 2. The molecule has 1 saturated carbocycles. The first-order valence-corrected chi connectivity index (χ1v) is 7.13. The van der Waals surface area contributed by atoms with Crippen LogP contribution in [0.4, 0.5) is 0 Å². The molecule has 2 rings (SSSR count). The number of aromatic nitrogens is 3. The first-order chi connectivity index (χ1) is 8.13. The Hall–Kier alpha value is -1.04. The predicted molar refractivity (Wildman–Crippen MR) is 67.6 cm³/mol. The van der Waals surface area contributed by atoms with E-state index in [1.807, 2.05) is 0 Å². The fourth-order valence-corrected chi connectivity index (χ4v) is 2.84. The largest absolute Gasteiger partial charge is 0.354 e. The number of thioether (sulfide) groups is 1. The molecule has 1 aromatic heterocycles. The molecule has 1 aliphatic rings. The van der Waals surface area contributed by atoms with Crippen LogP contribution in [-0.4, -0.2) is 20.8 Å². The molecule has 0 aromatic carbocycles. The first-order valence-electron chi connectivity index (χ1n) is 5.90. The minimum atomic E-state index is -0.420. The van der Waals surface area contributed by atoms with Crippen LogP contribution in [0.3, 0.4) is 0 Å². The summed E-state index contributed by atoms with van der Waals surface area (Å²) in [5, 5.41) is 0.389. The summed E-state index contributed by atoms with van der Waals surface area (Å²) in [6.07, 6.45) is 6.00. The highest BCUT2D eigenvalue weighted by molar-refractivity contribution is 7.98. The molecule has 6 heteroatoms. The molecule has 1 aliphatic carbocycles. The summed E-state index contributed by atoms with van der Waals surface area (Å²) in [6.45, 7) is 2.10. The van der Waals surface area contributed by atoms with Crippen molar-refractivity contribution in [2.75, 3.05) is 6.26 Å². The second-order valence-electron chi connectivity index (χ2n) is 4.53. The molecule has 1 heterocycles. The van der Waals surface area contributed by atoms with Crippen LogP contribution in [0, 0.1) is 5.92 Å². The highest BCUT2D eigenvalue weighted by Gasteiger charge is 2.25. The molecule has 1 N–H and O–H groups in total. The average molecular weight is 255 g/mol. The second-order valence-corrected chi connectivity index (χ2v) is 5.33. The van der Waals surface area contributed by atoms with Crippen LogP contribution in [0.2, 0.25) is 0 Å². The molecular formula is C11H17N3O2S. The van der Waals surface area contributed by atoms with Gasteiger partial charge in [-0.05, 0) is 25.0 Å². The lowest BCUT2D eigenvalue weighted by molar-refractivity contribution is 0.241. The lowest BCUT2D eigenvalue weighted by Crippen LogP contribution is -2.42. The van der Waals surface area contributed by atoms with E-state index in [1.165, 1.54) is 22.7 Å². The van der Waals surface area contributed by atoms with Crippen molar-refractivity contribution in [3.63, 3.8) is 0 Å². The zero-order valence-corrected chi connectivity index (χ0v) is 10.9. The molecule has 2 atom stereocenters. The molecule has 0 bridgehead atoms. The molecule has 94 valence electrons. The smallest absolute Gasteiger partial charge is 0.286 e. The van der Waals surface area contributed by atoms with Crippen LogP contribution in [0.1, 0.15) is 38.6 Å². The van der Waals surface area contributed by atoms with Crippen molar-refractivity contribution in [1.82, 2.24) is 14.5 Å². The molecule has 0 aliphatic heterocycles. The van der Waals surface area contributed by atoms with Gasteiger partial charge in [-0.2, -0.15) is 4.98 Å². The van der Waals surface area contributed by atoms with Crippen molar-refractivity contribution >= 4 is 11.8 Å². The van der Waals surface area contributed by atoms with Gasteiger partial charge >= 0.3 is 11.4 Å². The Labute approximate surface area is 104 Å². The van der Waals surface area contributed by atoms with Crippen molar-refractivity contribution in [3.8, 4) is 0 Å². The van der Waals surface area contributed by atoms with Gasteiger partial charge in [0.2, 0.25) is 0 Å². The molecule has 1 aromatic rings. The summed E-state index contributed by atoms with van der Waals surface area (Å²) in [7, 11) is 0. The number of aromatic amines is 1. The van der Waals surface area contributed by atoms with Crippen molar-refractivity contribution in [1.29, 1.82) is 0 Å². The van der Waals surface area contributed by atoms with Crippen molar-refractivity contribution in [3.05, 3.63) is 21.0 Å². The van der Waals surface area contributed by atoms with Crippen LogP contribution in [-0.2, 0) is 0 Å². The van der Waals surface area contributed by atoms with E-state index in [0.717, 1.165) is 19.3 Å². The van der Waals surface area contributed by atoms with E-state index in [2.05, 4.69) is 16.9 Å². The maximum Gasteiger partial charge on any atom is 0.354 e. The Bertz CT molecular complexity index is 477. The third-order valence-electron chi connectivity index (χ3n) is 3.43. The van der Waals surface area contributed by atoms with Crippen LogP contribution >= 0.6 is 11.8 Å². The van der Waals surface area contributed by atoms with E-state index >= 15 is 0 Å². The molecule has 1 fully saturated rings. The van der Waals surface area contributed by atoms with Crippen molar-refractivity contribution in [2.24, 2.45) is 5.92 Å². The normalized spacial score (nSPS) is 24.8. The lowest BCUT2D eigenvalue weighted by Gasteiger charge is -2.29. The van der Waals surface area contributed by atoms with Gasteiger partial charge in [0.1, 0.15) is 0 Å². The van der Waals surface area contributed by atoms with E-state index in [-0.39, 0.29) is 11.7 Å². The van der Waals surface area contributed by atoms with Gasteiger partial charge in [-0.1, -0.05) is 31.5 Å². The Morgan fingerprint density at radius 3 is 2.65 bits per heavy atom. The van der Waals surface area contributed by atoms with Gasteiger partial charge < -0.3 is 0 Å². The minimum absolute atomic E-state index is 0.00315. The summed E-state index contributed by atoms with van der Waals surface area (Å²) in [4.78, 5) is 30.3. The molecule has 0 amide bonds.